The Kier molecular flexibility index (Phi) is 3.57. The van der Waals surface area contributed by atoms with Gasteiger partial charge in [0, 0.05) is 19.9 Å². The number of likely N-dealkylation sites (N-methyl/N-ethyl adjacent to an activating group) is 1. The summed E-state index contributed by atoms with van der Waals surface area (Å²) in [5.74, 6) is -1.28. The molecule has 2 rings (SSSR count). The molecule has 1 unspecified atom stereocenters. The van der Waals surface area contributed by atoms with Gasteiger partial charge in [-0.3, -0.25) is 4.79 Å². The maximum absolute atomic E-state index is 12.1. The van der Waals surface area contributed by atoms with Gasteiger partial charge in [-0.25, -0.2) is 9.78 Å². The molecule has 18 heavy (non-hydrogen) atoms. The van der Waals surface area contributed by atoms with E-state index in [0.29, 0.717) is 18.8 Å². The van der Waals surface area contributed by atoms with Gasteiger partial charge in [-0.2, -0.15) is 0 Å². The molecule has 1 aromatic heterocycles. The van der Waals surface area contributed by atoms with Gasteiger partial charge in [-0.05, 0) is 18.6 Å². The molecule has 0 saturated carbocycles. The largest absolute Gasteiger partial charge is 0.477 e. The smallest absolute Gasteiger partial charge is 0.354 e. The molecule has 1 aliphatic heterocycles. The van der Waals surface area contributed by atoms with Gasteiger partial charge in [0.2, 0.25) is 0 Å². The van der Waals surface area contributed by atoms with Crippen molar-refractivity contribution in [3.8, 4) is 0 Å². The van der Waals surface area contributed by atoms with Crippen molar-refractivity contribution in [1.29, 1.82) is 0 Å². The molecule has 1 aliphatic rings. The van der Waals surface area contributed by atoms with E-state index in [0.717, 1.165) is 6.42 Å². The summed E-state index contributed by atoms with van der Waals surface area (Å²) in [6.45, 7) is 1.21. The van der Waals surface area contributed by atoms with E-state index in [1.54, 1.807) is 11.9 Å². The SMILES string of the molecule is CN(C(=O)c1ccc(C(=O)O)nc1)C1CCOC1. The summed E-state index contributed by atoms with van der Waals surface area (Å²) in [6.07, 6.45) is 2.11. The molecule has 96 valence electrons. The lowest BCUT2D eigenvalue weighted by molar-refractivity contribution is 0.0683. The van der Waals surface area contributed by atoms with Crippen LogP contribution in [0.5, 0.6) is 0 Å². The molecule has 6 heteroatoms. The van der Waals surface area contributed by atoms with E-state index >= 15 is 0 Å². The number of aromatic carboxylic acids is 1. The highest BCUT2D eigenvalue weighted by Gasteiger charge is 2.25. The molecule has 1 saturated heterocycles. The fourth-order valence-electron chi connectivity index (χ4n) is 1.84. The Morgan fingerprint density at radius 1 is 1.50 bits per heavy atom. The Labute approximate surface area is 104 Å². The summed E-state index contributed by atoms with van der Waals surface area (Å²) < 4.78 is 5.23. The predicted molar refractivity (Wildman–Crippen MR) is 62.5 cm³/mol. The van der Waals surface area contributed by atoms with Crippen LogP contribution in [0.2, 0.25) is 0 Å². The number of hydrogen-bond donors (Lipinski definition) is 1. The molecule has 1 fully saturated rings. The van der Waals surface area contributed by atoms with Crippen molar-refractivity contribution in [3.05, 3.63) is 29.6 Å². The van der Waals surface area contributed by atoms with Crippen LogP contribution in [-0.2, 0) is 4.74 Å². The first-order valence-corrected chi connectivity index (χ1v) is 5.64. The first-order chi connectivity index (χ1) is 8.59. The number of carbonyl (C=O) groups excluding carboxylic acids is 1. The highest BCUT2D eigenvalue weighted by molar-refractivity contribution is 5.94. The highest BCUT2D eigenvalue weighted by atomic mass is 16.5. The summed E-state index contributed by atoms with van der Waals surface area (Å²) in [7, 11) is 1.72. The van der Waals surface area contributed by atoms with Gasteiger partial charge >= 0.3 is 5.97 Å². The zero-order chi connectivity index (χ0) is 13.1. The van der Waals surface area contributed by atoms with Crippen molar-refractivity contribution in [2.75, 3.05) is 20.3 Å². The number of pyridine rings is 1. The molecule has 6 nitrogen and oxygen atoms in total. The van der Waals surface area contributed by atoms with Crippen LogP contribution in [-0.4, -0.2) is 53.2 Å². The Balaban J connectivity index is 2.10. The number of ether oxygens (including phenoxy) is 1. The number of nitrogens with zero attached hydrogens (tertiary/aromatic N) is 2. The first-order valence-electron chi connectivity index (χ1n) is 5.64. The summed E-state index contributed by atoms with van der Waals surface area (Å²) >= 11 is 0. The fourth-order valence-corrected chi connectivity index (χ4v) is 1.84. The highest BCUT2D eigenvalue weighted by Crippen LogP contribution is 2.13. The third-order valence-electron chi connectivity index (χ3n) is 3.00. The topological polar surface area (TPSA) is 79.7 Å². The molecule has 0 aromatic carbocycles. The van der Waals surface area contributed by atoms with E-state index in [1.165, 1.54) is 18.3 Å². The van der Waals surface area contributed by atoms with Crippen LogP contribution in [0, 0.1) is 0 Å². The molecule has 1 aromatic rings. The molecule has 1 N–H and O–H groups in total. The Morgan fingerprint density at radius 3 is 2.78 bits per heavy atom. The summed E-state index contributed by atoms with van der Waals surface area (Å²) in [4.78, 5) is 28.1. The number of aromatic nitrogens is 1. The molecule has 1 atom stereocenters. The average Bonchev–Trinajstić information content (AvgIpc) is 2.91. The van der Waals surface area contributed by atoms with Crippen LogP contribution in [0.1, 0.15) is 27.3 Å². The van der Waals surface area contributed by atoms with Gasteiger partial charge in [0.05, 0.1) is 18.2 Å². The minimum Gasteiger partial charge on any atom is -0.477 e. The zero-order valence-electron chi connectivity index (χ0n) is 10.00. The van der Waals surface area contributed by atoms with E-state index in [-0.39, 0.29) is 17.6 Å². The van der Waals surface area contributed by atoms with E-state index in [9.17, 15) is 9.59 Å². The van der Waals surface area contributed by atoms with Crippen molar-refractivity contribution in [2.45, 2.75) is 12.5 Å². The van der Waals surface area contributed by atoms with Crippen LogP contribution < -0.4 is 0 Å². The van der Waals surface area contributed by atoms with E-state index in [4.69, 9.17) is 9.84 Å². The Morgan fingerprint density at radius 2 is 2.28 bits per heavy atom. The lowest BCUT2D eigenvalue weighted by Gasteiger charge is -2.23. The normalized spacial score (nSPS) is 18.6. The second-order valence-electron chi connectivity index (χ2n) is 4.17. The number of carboxylic acids is 1. The standard InChI is InChI=1S/C12H14N2O4/c1-14(9-4-5-18-7-9)11(15)8-2-3-10(12(16)17)13-6-8/h2-3,6,9H,4-5,7H2,1H3,(H,16,17). The van der Waals surface area contributed by atoms with Crippen molar-refractivity contribution in [1.82, 2.24) is 9.88 Å². The zero-order valence-corrected chi connectivity index (χ0v) is 10.00. The third-order valence-corrected chi connectivity index (χ3v) is 3.00. The van der Waals surface area contributed by atoms with E-state index < -0.39 is 5.97 Å². The molecule has 1 amide bonds. The monoisotopic (exact) mass is 250 g/mol. The second-order valence-corrected chi connectivity index (χ2v) is 4.17. The number of amides is 1. The summed E-state index contributed by atoms with van der Waals surface area (Å²) in [6, 6.07) is 2.89. The van der Waals surface area contributed by atoms with E-state index in [1.807, 2.05) is 0 Å². The molecule has 0 aliphatic carbocycles. The van der Waals surface area contributed by atoms with Gasteiger partial charge in [-0.1, -0.05) is 0 Å². The molecule has 0 spiro atoms. The van der Waals surface area contributed by atoms with Crippen molar-refractivity contribution >= 4 is 11.9 Å². The molecule has 0 bridgehead atoms. The van der Waals surface area contributed by atoms with Crippen LogP contribution in [0.25, 0.3) is 0 Å². The van der Waals surface area contributed by atoms with Gasteiger partial charge in [0.15, 0.2) is 0 Å². The minimum atomic E-state index is -1.11. The lowest BCUT2D eigenvalue weighted by Crippen LogP contribution is -2.37. The maximum atomic E-state index is 12.1. The quantitative estimate of drug-likeness (QED) is 0.851. The van der Waals surface area contributed by atoms with Gasteiger partial charge < -0.3 is 14.7 Å². The Hall–Kier alpha value is -1.95. The lowest BCUT2D eigenvalue weighted by atomic mass is 10.2. The van der Waals surface area contributed by atoms with Gasteiger partial charge in [0.25, 0.3) is 5.91 Å². The minimum absolute atomic E-state index is 0.0709. The Bertz CT molecular complexity index is 452. The predicted octanol–water partition coefficient (Wildman–Crippen LogP) is 0.641. The van der Waals surface area contributed by atoms with Gasteiger partial charge in [-0.15, -0.1) is 0 Å². The van der Waals surface area contributed by atoms with E-state index in [2.05, 4.69) is 4.98 Å². The first kappa shape index (κ1) is 12.5. The summed E-state index contributed by atoms with van der Waals surface area (Å²) in [5.41, 5.74) is 0.313. The average molecular weight is 250 g/mol. The number of carboxylic acid groups (broad SMARTS) is 1. The maximum Gasteiger partial charge on any atom is 0.354 e. The van der Waals surface area contributed by atoms with Gasteiger partial charge in [0.1, 0.15) is 5.69 Å². The molecule has 2 heterocycles. The number of hydrogen-bond acceptors (Lipinski definition) is 4. The van der Waals surface area contributed by atoms with Crippen LogP contribution >= 0.6 is 0 Å². The van der Waals surface area contributed by atoms with Crippen molar-refractivity contribution in [3.63, 3.8) is 0 Å². The number of carbonyl (C=O) groups is 2. The van der Waals surface area contributed by atoms with Crippen molar-refractivity contribution in [2.24, 2.45) is 0 Å². The summed E-state index contributed by atoms with van der Waals surface area (Å²) in [5, 5.41) is 8.72. The van der Waals surface area contributed by atoms with Crippen LogP contribution in [0.3, 0.4) is 0 Å². The van der Waals surface area contributed by atoms with Crippen LogP contribution in [0.15, 0.2) is 18.3 Å². The molecule has 0 radical (unpaired) electrons. The van der Waals surface area contributed by atoms with Crippen LogP contribution in [0.4, 0.5) is 0 Å². The number of rotatable bonds is 3. The second kappa shape index (κ2) is 5.14. The fraction of sp³-hybridized carbons (Fsp3) is 0.417. The third kappa shape index (κ3) is 2.48. The van der Waals surface area contributed by atoms with Crippen molar-refractivity contribution < 1.29 is 19.4 Å². The molecular weight excluding hydrogens is 236 g/mol. The molecular formula is C12H14N2O4.